The van der Waals surface area contributed by atoms with Gasteiger partial charge in [-0.15, -0.1) is 0 Å². The smallest absolute Gasteiger partial charge is 0.466 e. The van der Waals surface area contributed by atoms with E-state index in [1.807, 2.05) is 0 Å². The van der Waals surface area contributed by atoms with Gasteiger partial charge < -0.3 is 4.74 Å². The Labute approximate surface area is 76.3 Å². The van der Waals surface area contributed by atoms with Crippen LogP contribution in [0.5, 0.6) is 0 Å². The third-order valence-electron chi connectivity index (χ3n) is 0.699. The summed E-state index contributed by atoms with van der Waals surface area (Å²) >= 11 is 0. The molecule has 0 spiro atoms. The van der Waals surface area contributed by atoms with Gasteiger partial charge in [0.05, 0.1) is 6.61 Å². The molecule has 0 N–H and O–H groups in total. The molecule has 0 bridgehead atoms. The minimum absolute atomic E-state index is 0. The van der Waals surface area contributed by atoms with E-state index in [9.17, 15) is 9.59 Å². The van der Waals surface area contributed by atoms with E-state index in [0.717, 1.165) is 0 Å². The van der Waals surface area contributed by atoms with Gasteiger partial charge >= 0.3 is 29.0 Å². The van der Waals surface area contributed by atoms with Gasteiger partial charge in [-0.1, -0.05) is 0 Å². The Kier molecular flexibility index (Phi) is 8.82. The summed E-state index contributed by atoms with van der Waals surface area (Å²) in [4.78, 5) is 20.6. The molecule has 0 atom stereocenters. The van der Waals surface area contributed by atoms with E-state index in [4.69, 9.17) is 0 Å². The van der Waals surface area contributed by atoms with Gasteiger partial charge in [0.1, 0.15) is 12.2 Å². The number of ketones is 1. The largest absolute Gasteiger partial charge is 2.00 e. The summed E-state index contributed by atoms with van der Waals surface area (Å²) in [5.74, 6) is -0.599. The first-order valence-electron chi connectivity index (χ1n) is 2.82. The van der Waals surface area contributed by atoms with E-state index in [2.05, 4.69) is 4.74 Å². The zero-order valence-electron chi connectivity index (χ0n) is 6.35. The molecule has 52 valence electrons. The Morgan fingerprint density at radius 1 is 1.40 bits per heavy atom. The van der Waals surface area contributed by atoms with Crippen molar-refractivity contribution in [1.82, 2.24) is 0 Å². The zero-order valence-corrected chi connectivity index (χ0v) is 7.76. The molecule has 0 aliphatic carbocycles. The number of hydrogen-bond acceptors (Lipinski definition) is 3. The molecule has 4 heteroatoms. The average Bonchev–Trinajstić information content (AvgIpc) is 1.63. The van der Waals surface area contributed by atoms with Gasteiger partial charge in [-0.05, 0) is 13.8 Å². The molecule has 0 saturated carbocycles. The Balaban J connectivity index is 0. The fourth-order valence-corrected chi connectivity index (χ4v) is 0.415. The van der Waals surface area contributed by atoms with Crippen molar-refractivity contribution in [1.29, 1.82) is 0 Å². The molecular formula is C6H10MgO3+2. The molecular weight excluding hydrogens is 144 g/mol. The molecule has 0 aromatic rings. The molecule has 0 aliphatic rings. The second-order valence-corrected chi connectivity index (χ2v) is 1.68. The van der Waals surface area contributed by atoms with Crippen LogP contribution in [-0.2, 0) is 14.3 Å². The number of carbonyl (C=O) groups is 2. The van der Waals surface area contributed by atoms with Crippen molar-refractivity contribution in [2.24, 2.45) is 0 Å². The van der Waals surface area contributed by atoms with E-state index >= 15 is 0 Å². The van der Waals surface area contributed by atoms with E-state index in [-0.39, 0.29) is 35.3 Å². The molecule has 0 rings (SSSR count). The van der Waals surface area contributed by atoms with E-state index < -0.39 is 5.97 Å². The number of ether oxygens (including phenoxy) is 1. The van der Waals surface area contributed by atoms with Crippen LogP contribution in [0.1, 0.15) is 20.3 Å². The number of rotatable bonds is 3. The molecule has 0 heterocycles. The minimum atomic E-state index is -0.440. The Hall–Kier alpha value is -0.0938. The summed E-state index contributed by atoms with van der Waals surface area (Å²) in [6.45, 7) is 3.40. The predicted octanol–water partition coefficient (Wildman–Crippen LogP) is 0.148. The van der Waals surface area contributed by atoms with Gasteiger partial charge in [0.15, 0.2) is 0 Å². The fourth-order valence-electron chi connectivity index (χ4n) is 0.415. The standard InChI is InChI=1S/C6H10O3.Mg/c1-3-9-6(8)4-5(2)7;/h3-4H2,1-2H3;/q;+2. The van der Waals surface area contributed by atoms with Crippen molar-refractivity contribution in [2.45, 2.75) is 20.3 Å². The Bertz CT molecular complexity index is 122. The first-order chi connectivity index (χ1) is 4.16. The molecule has 0 aromatic heterocycles. The first kappa shape index (κ1) is 12.6. The summed E-state index contributed by atoms with van der Waals surface area (Å²) in [7, 11) is 0. The Morgan fingerprint density at radius 2 is 1.90 bits per heavy atom. The molecule has 0 fully saturated rings. The van der Waals surface area contributed by atoms with Crippen molar-refractivity contribution in [2.75, 3.05) is 6.61 Å². The van der Waals surface area contributed by atoms with Gasteiger partial charge in [-0.25, -0.2) is 0 Å². The van der Waals surface area contributed by atoms with Crippen molar-refractivity contribution in [3.63, 3.8) is 0 Å². The van der Waals surface area contributed by atoms with Crippen LogP contribution in [0.2, 0.25) is 0 Å². The van der Waals surface area contributed by atoms with Crippen molar-refractivity contribution < 1.29 is 14.3 Å². The van der Waals surface area contributed by atoms with Gasteiger partial charge in [0, 0.05) is 0 Å². The Morgan fingerprint density at radius 3 is 2.20 bits per heavy atom. The predicted molar refractivity (Wildman–Crippen MR) is 37.7 cm³/mol. The zero-order chi connectivity index (χ0) is 7.28. The van der Waals surface area contributed by atoms with Gasteiger partial charge in [-0.3, -0.25) is 9.59 Å². The van der Waals surface area contributed by atoms with Crippen LogP contribution < -0.4 is 0 Å². The van der Waals surface area contributed by atoms with Gasteiger partial charge in [-0.2, -0.15) is 0 Å². The number of hydrogen-bond donors (Lipinski definition) is 0. The topological polar surface area (TPSA) is 43.4 Å². The minimum Gasteiger partial charge on any atom is -0.466 e. The van der Waals surface area contributed by atoms with Crippen LogP contribution in [0.4, 0.5) is 0 Å². The average molecular weight is 154 g/mol. The SMILES string of the molecule is CCOC(=O)CC(C)=O.[Mg+2]. The van der Waals surface area contributed by atoms with Crippen LogP contribution in [0.25, 0.3) is 0 Å². The number of Topliss-reactive ketones (excluding diaryl/α,β-unsaturated/α-hetero) is 1. The summed E-state index contributed by atoms with van der Waals surface area (Å²) in [6.07, 6.45) is -0.103. The molecule has 0 saturated heterocycles. The maximum Gasteiger partial charge on any atom is 2.00 e. The maximum absolute atomic E-state index is 10.4. The number of esters is 1. The van der Waals surface area contributed by atoms with Crippen LogP contribution in [-0.4, -0.2) is 41.4 Å². The summed E-state index contributed by atoms with van der Waals surface area (Å²) < 4.78 is 4.49. The molecule has 10 heavy (non-hydrogen) atoms. The molecule has 0 unspecified atom stereocenters. The van der Waals surface area contributed by atoms with Crippen LogP contribution in [0.15, 0.2) is 0 Å². The monoisotopic (exact) mass is 154 g/mol. The molecule has 3 nitrogen and oxygen atoms in total. The van der Waals surface area contributed by atoms with Gasteiger partial charge in [0.2, 0.25) is 0 Å². The fraction of sp³-hybridized carbons (Fsp3) is 0.667. The second kappa shape index (κ2) is 7.02. The van der Waals surface area contributed by atoms with Crippen molar-refractivity contribution in [3.05, 3.63) is 0 Å². The quantitative estimate of drug-likeness (QED) is 0.330. The molecule has 0 radical (unpaired) electrons. The van der Waals surface area contributed by atoms with E-state index in [1.54, 1.807) is 6.92 Å². The maximum atomic E-state index is 10.4. The van der Waals surface area contributed by atoms with E-state index in [1.165, 1.54) is 6.92 Å². The summed E-state index contributed by atoms with van der Waals surface area (Å²) in [5.41, 5.74) is 0. The summed E-state index contributed by atoms with van der Waals surface area (Å²) in [6, 6.07) is 0. The van der Waals surface area contributed by atoms with Gasteiger partial charge in [0.25, 0.3) is 0 Å². The third-order valence-corrected chi connectivity index (χ3v) is 0.699. The third kappa shape index (κ3) is 7.91. The van der Waals surface area contributed by atoms with Crippen LogP contribution >= 0.6 is 0 Å². The van der Waals surface area contributed by atoms with Crippen molar-refractivity contribution in [3.8, 4) is 0 Å². The van der Waals surface area contributed by atoms with Crippen molar-refractivity contribution >= 4 is 34.8 Å². The number of carbonyl (C=O) groups excluding carboxylic acids is 2. The molecule has 0 amide bonds. The summed E-state index contributed by atoms with van der Waals surface area (Å²) in [5, 5.41) is 0. The van der Waals surface area contributed by atoms with Crippen LogP contribution in [0.3, 0.4) is 0 Å². The van der Waals surface area contributed by atoms with E-state index in [0.29, 0.717) is 6.61 Å². The normalized spacial score (nSPS) is 7.80. The van der Waals surface area contributed by atoms with Crippen LogP contribution in [0, 0.1) is 0 Å². The second-order valence-electron chi connectivity index (χ2n) is 1.68. The molecule has 0 aromatic carbocycles. The first-order valence-corrected chi connectivity index (χ1v) is 2.82. The molecule has 0 aliphatic heterocycles.